The molecule has 0 aromatic heterocycles. The largest absolute Gasteiger partial charge is 0.508 e. The van der Waals surface area contributed by atoms with E-state index in [0.717, 1.165) is 17.9 Å². The number of aromatic hydroxyl groups is 1. The first-order valence-corrected chi connectivity index (χ1v) is 6.93. The molecule has 0 amide bonds. The van der Waals surface area contributed by atoms with E-state index in [1.807, 2.05) is 50.2 Å². The fraction of sp³-hybridized carbons (Fsp3) is 0.294. The van der Waals surface area contributed by atoms with Crippen LogP contribution in [0.15, 0.2) is 48.5 Å². The van der Waals surface area contributed by atoms with Crippen LogP contribution in [0, 0.1) is 0 Å². The monoisotopic (exact) mass is 271 g/mol. The maximum atomic E-state index is 9.83. The highest BCUT2D eigenvalue weighted by molar-refractivity contribution is 5.34. The van der Waals surface area contributed by atoms with Crippen molar-refractivity contribution >= 4 is 0 Å². The Hall–Kier alpha value is -2.00. The summed E-state index contributed by atoms with van der Waals surface area (Å²) in [5.41, 5.74) is 2.08. The van der Waals surface area contributed by atoms with Crippen molar-refractivity contribution in [2.45, 2.75) is 26.4 Å². The molecule has 2 rings (SSSR count). The molecule has 0 radical (unpaired) electrons. The van der Waals surface area contributed by atoms with Gasteiger partial charge in [0, 0.05) is 18.2 Å². The van der Waals surface area contributed by atoms with Crippen LogP contribution in [-0.4, -0.2) is 11.7 Å². The van der Waals surface area contributed by atoms with Crippen LogP contribution in [0.5, 0.6) is 11.5 Å². The molecule has 1 atom stereocenters. The summed E-state index contributed by atoms with van der Waals surface area (Å²) in [6.07, 6.45) is 0. The van der Waals surface area contributed by atoms with Crippen LogP contribution >= 0.6 is 0 Å². The SMILES string of the molecule is CCOc1cccc(CNC(C)c2ccccc2O)c1. The van der Waals surface area contributed by atoms with Gasteiger partial charge in [0.05, 0.1) is 6.61 Å². The van der Waals surface area contributed by atoms with E-state index in [9.17, 15) is 5.11 Å². The van der Waals surface area contributed by atoms with Crippen LogP contribution in [0.4, 0.5) is 0 Å². The third-order valence-corrected chi connectivity index (χ3v) is 3.23. The molecule has 0 heterocycles. The predicted molar refractivity (Wildman–Crippen MR) is 81.0 cm³/mol. The van der Waals surface area contributed by atoms with Crippen LogP contribution in [0.25, 0.3) is 0 Å². The Morgan fingerprint density at radius 2 is 1.95 bits per heavy atom. The quantitative estimate of drug-likeness (QED) is 0.842. The molecule has 0 aliphatic heterocycles. The highest BCUT2D eigenvalue weighted by atomic mass is 16.5. The van der Waals surface area contributed by atoms with E-state index in [4.69, 9.17) is 4.74 Å². The van der Waals surface area contributed by atoms with Gasteiger partial charge in [0.25, 0.3) is 0 Å². The van der Waals surface area contributed by atoms with Crippen LogP contribution < -0.4 is 10.1 Å². The molecule has 2 N–H and O–H groups in total. The lowest BCUT2D eigenvalue weighted by atomic mass is 10.1. The molecule has 0 bridgehead atoms. The van der Waals surface area contributed by atoms with Crippen molar-refractivity contribution < 1.29 is 9.84 Å². The molecule has 0 aliphatic rings. The summed E-state index contributed by atoms with van der Waals surface area (Å²) in [4.78, 5) is 0. The molecule has 0 saturated carbocycles. The van der Waals surface area contributed by atoms with Gasteiger partial charge in [-0.05, 0) is 37.6 Å². The number of nitrogens with one attached hydrogen (secondary N) is 1. The molecule has 0 aliphatic carbocycles. The average molecular weight is 271 g/mol. The topological polar surface area (TPSA) is 41.5 Å². The molecule has 106 valence electrons. The zero-order valence-electron chi connectivity index (χ0n) is 12.0. The number of ether oxygens (including phenoxy) is 1. The molecular formula is C17H21NO2. The molecule has 20 heavy (non-hydrogen) atoms. The first-order chi connectivity index (χ1) is 9.70. The van der Waals surface area contributed by atoms with Crippen molar-refractivity contribution in [3.8, 4) is 11.5 Å². The van der Waals surface area contributed by atoms with Gasteiger partial charge in [0.1, 0.15) is 11.5 Å². The zero-order valence-corrected chi connectivity index (χ0v) is 12.0. The van der Waals surface area contributed by atoms with Gasteiger partial charge in [-0.1, -0.05) is 30.3 Å². The third-order valence-electron chi connectivity index (χ3n) is 3.23. The number of benzene rings is 2. The second kappa shape index (κ2) is 6.96. The van der Waals surface area contributed by atoms with E-state index < -0.39 is 0 Å². The van der Waals surface area contributed by atoms with Crippen molar-refractivity contribution in [2.24, 2.45) is 0 Å². The van der Waals surface area contributed by atoms with Crippen LogP contribution in [0.1, 0.15) is 31.0 Å². The highest BCUT2D eigenvalue weighted by Gasteiger charge is 2.09. The second-order valence-electron chi connectivity index (χ2n) is 4.74. The van der Waals surface area contributed by atoms with Crippen molar-refractivity contribution in [3.05, 3.63) is 59.7 Å². The molecule has 3 heteroatoms. The maximum Gasteiger partial charge on any atom is 0.120 e. The molecule has 0 fully saturated rings. The Morgan fingerprint density at radius 1 is 1.15 bits per heavy atom. The van der Waals surface area contributed by atoms with Crippen LogP contribution in [0.2, 0.25) is 0 Å². The average Bonchev–Trinajstić information content (AvgIpc) is 2.46. The number of phenols is 1. The second-order valence-corrected chi connectivity index (χ2v) is 4.74. The van der Waals surface area contributed by atoms with E-state index in [1.54, 1.807) is 6.07 Å². The van der Waals surface area contributed by atoms with Gasteiger partial charge in [-0.3, -0.25) is 0 Å². The summed E-state index contributed by atoms with van der Waals surface area (Å²) in [7, 11) is 0. The molecule has 1 unspecified atom stereocenters. The van der Waals surface area contributed by atoms with Gasteiger partial charge in [-0.15, -0.1) is 0 Å². The smallest absolute Gasteiger partial charge is 0.120 e. The molecule has 2 aromatic carbocycles. The summed E-state index contributed by atoms with van der Waals surface area (Å²) < 4.78 is 5.49. The Kier molecular flexibility index (Phi) is 5.02. The fourth-order valence-electron chi connectivity index (χ4n) is 2.15. The van der Waals surface area contributed by atoms with Gasteiger partial charge >= 0.3 is 0 Å². The van der Waals surface area contributed by atoms with E-state index in [1.165, 1.54) is 5.56 Å². The Morgan fingerprint density at radius 3 is 2.70 bits per heavy atom. The number of para-hydroxylation sites is 1. The predicted octanol–water partition coefficient (Wildman–Crippen LogP) is 3.64. The lowest BCUT2D eigenvalue weighted by Gasteiger charge is -2.16. The summed E-state index contributed by atoms with van der Waals surface area (Å²) in [6.45, 7) is 5.42. The van der Waals surface area contributed by atoms with Gasteiger partial charge < -0.3 is 15.2 Å². The Labute approximate surface area is 120 Å². The maximum absolute atomic E-state index is 9.83. The summed E-state index contributed by atoms with van der Waals surface area (Å²) in [5.74, 6) is 1.22. The standard InChI is InChI=1S/C17H21NO2/c1-3-20-15-8-6-7-14(11-15)12-18-13(2)16-9-4-5-10-17(16)19/h4-11,13,18-19H,3,12H2,1-2H3. The van der Waals surface area contributed by atoms with Crippen molar-refractivity contribution in [1.29, 1.82) is 0 Å². The number of hydrogen-bond acceptors (Lipinski definition) is 3. The number of hydrogen-bond donors (Lipinski definition) is 2. The van der Waals surface area contributed by atoms with Crippen molar-refractivity contribution in [3.63, 3.8) is 0 Å². The van der Waals surface area contributed by atoms with Gasteiger partial charge in [0.15, 0.2) is 0 Å². The van der Waals surface area contributed by atoms with Crippen molar-refractivity contribution in [1.82, 2.24) is 5.32 Å². The van der Waals surface area contributed by atoms with E-state index in [-0.39, 0.29) is 6.04 Å². The molecular weight excluding hydrogens is 250 g/mol. The Bertz CT molecular complexity index is 554. The normalized spacial score (nSPS) is 12.1. The lowest BCUT2D eigenvalue weighted by molar-refractivity contribution is 0.339. The Balaban J connectivity index is 1.98. The van der Waals surface area contributed by atoms with Crippen molar-refractivity contribution in [2.75, 3.05) is 6.61 Å². The first kappa shape index (κ1) is 14.4. The molecule has 0 saturated heterocycles. The van der Waals surface area contributed by atoms with Crippen LogP contribution in [0.3, 0.4) is 0 Å². The third kappa shape index (κ3) is 3.75. The molecule has 0 spiro atoms. The van der Waals surface area contributed by atoms with Gasteiger partial charge in [-0.25, -0.2) is 0 Å². The summed E-state index contributed by atoms with van der Waals surface area (Å²) in [6, 6.07) is 15.5. The van der Waals surface area contributed by atoms with Crippen LogP contribution in [-0.2, 0) is 6.54 Å². The molecule has 3 nitrogen and oxygen atoms in total. The molecule has 2 aromatic rings. The van der Waals surface area contributed by atoms with E-state index in [2.05, 4.69) is 11.4 Å². The van der Waals surface area contributed by atoms with E-state index in [0.29, 0.717) is 12.4 Å². The number of rotatable bonds is 6. The highest BCUT2D eigenvalue weighted by Crippen LogP contribution is 2.23. The minimum Gasteiger partial charge on any atom is -0.508 e. The summed E-state index contributed by atoms with van der Waals surface area (Å²) in [5, 5.41) is 13.2. The summed E-state index contributed by atoms with van der Waals surface area (Å²) >= 11 is 0. The first-order valence-electron chi connectivity index (χ1n) is 6.93. The van der Waals surface area contributed by atoms with E-state index >= 15 is 0 Å². The minimum atomic E-state index is 0.0898. The lowest BCUT2D eigenvalue weighted by Crippen LogP contribution is -2.18. The van der Waals surface area contributed by atoms with Gasteiger partial charge in [-0.2, -0.15) is 0 Å². The number of phenolic OH excluding ortho intramolecular Hbond substituents is 1. The van der Waals surface area contributed by atoms with Gasteiger partial charge in [0.2, 0.25) is 0 Å². The minimum absolute atomic E-state index is 0.0898. The fourth-order valence-corrected chi connectivity index (χ4v) is 2.15. The zero-order chi connectivity index (χ0) is 14.4.